The molecule has 1 fully saturated rings. The minimum atomic E-state index is -2.00. The maximum absolute atomic E-state index is 13.1. The van der Waals surface area contributed by atoms with Gasteiger partial charge in [0.25, 0.3) is 0 Å². The van der Waals surface area contributed by atoms with E-state index in [1.807, 2.05) is 0 Å². The molecule has 1 saturated heterocycles. The summed E-state index contributed by atoms with van der Waals surface area (Å²) in [6, 6.07) is 0. The second kappa shape index (κ2) is 4.54. The number of aliphatic hydroxyl groups is 3. The minimum absolute atomic E-state index is 0.595. The van der Waals surface area contributed by atoms with Gasteiger partial charge in [0.15, 0.2) is 12.4 Å². The van der Waals surface area contributed by atoms with E-state index < -0.39 is 37.3 Å². The number of nitrogens with zero attached hydrogens (tertiary/aromatic N) is 3. The largest absolute Gasteiger partial charge is 0.394 e. The summed E-state index contributed by atoms with van der Waals surface area (Å²) in [5.41, 5.74) is 8.05. The summed E-state index contributed by atoms with van der Waals surface area (Å²) in [7, 11) is 0. The van der Waals surface area contributed by atoms with Crippen molar-refractivity contribution in [1.29, 1.82) is 0 Å². The summed E-state index contributed by atoms with van der Waals surface area (Å²) in [4.78, 5) is 2.32. The highest BCUT2D eigenvalue weighted by molar-refractivity contribution is 4.91. The van der Waals surface area contributed by atoms with Crippen molar-refractivity contribution in [3.63, 3.8) is 0 Å². The molecule has 0 aromatic carbocycles. The fraction of sp³-hybridized carbons (Fsp3) is 1.00. The molecular formula is C6H10FN3O4. The molecule has 0 unspecified atom stereocenters. The van der Waals surface area contributed by atoms with Gasteiger partial charge in [0.05, 0.1) is 6.61 Å². The maximum atomic E-state index is 13.1. The number of alkyl halides is 1. The molecule has 0 aromatic rings. The van der Waals surface area contributed by atoms with Gasteiger partial charge in [-0.3, -0.25) is 0 Å². The number of azide groups is 1. The van der Waals surface area contributed by atoms with Crippen LogP contribution in [0.5, 0.6) is 0 Å². The van der Waals surface area contributed by atoms with Crippen molar-refractivity contribution in [3.05, 3.63) is 10.4 Å². The standard InChI is InChI=1S/C6H10FN3O4/c7-3-5(13)4(12)2(1-11)14-6(3)9-10-8/h2-6,11-13H,1H2/t2-,3-,4-,5-,6-/m1/s1/i7-1. The van der Waals surface area contributed by atoms with Crippen molar-refractivity contribution in [3.8, 4) is 0 Å². The van der Waals surface area contributed by atoms with Crippen LogP contribution in [0.15, 0.2) is 5.11 Å². The highest BCUT2D eigenvalue weighted by atomic mass is 18.2. The van der Waals surface area contributed by atoms with Crippen LogP contribution in [0.25, 0.3) is 10.4 Å². The van der Waals surface area contributed by atoms with E-state index in [4.69, 9.17) is 20.5 Å². The molecule has 0 radical (unpaired) electrons. The van der Waals surface area contributed by atoms with Crippen LogP contribution in [0.2, 0.25) is 0 Å². The number of halogens is 1. The average Bonchev–Trinajstić information content (AvgIpc) is 2.19. The number of ether oxygens (including phenoxy) is 1. The van der Waals surface area contributed by atoms with Gasteiger partial charge in [0, 0.05) is 4.91 Å². The fourth-order valence-electron chi connectivity index (χ4n) is 1.20. The Morgan fingerprint density at radius 1 is 1.43 bits per heavy atom. The van der Waals surface area contributed by atoms with Crippen molar-refractivity contribution in [2.75, 3.05) is 6.61 Å². The highest BCUT2D eigenvalue weighted by Gasteiger charge is 2.44. The summed E-state index contributed by atoms with van der Waals surface area (Å²) < 4.78 is 17.8. The molecule has 8 heteroatoms. The van der Waals surface area contributed by atoms with Crippen molar-refractivity contribution >= 4 is 0 Å². The molecule has 1 heterocycles. The molecule has 0 aliphatic carbocycles. The zero-order valence-corrected chi connectivity index (χ0v) is 7.06. The lowest BCUT2D eigenvalue weighted by molar-refractivity contribution is -0.210. The van der Waals surface area contributed by atoms with Gasteiger partial charge in [0.2, 0.25) is 0 Å². The average molecular weight is 206 g/mol. The number of aliphatic hydroxyl groups excluding tert-OH is 3. The van der Waals surface area contributed by atoms with E-state index in [-0.39, 0.29) is 0 Å². The van der Waals surface area contributed by atoms with Crippen LogP contribution < -0.4 is 0 Å². The first kappa shape index (κ1) is 11.2. The van der Waals surface area contributed by atoms with Crippen LogP contribution in [0, 0.1) is 0 Å². The molecule has 80 valence electrons. The van der Waals surface area contributed by atoms with Gasteiger partial charge in [-0.2, -0.15) is 0 Å². The van der Waals surface area contributed by atoms with E-state index >= 15 is 0 Å². The number of rotatable bonds is 2. The summed E-state index contributed by atoms with van der Waals surface area (Å²) >= 11 is 0. The van der Waals surface area contributed by atoms with Gasteiger partial charge in [-0.05, 0) is 5.53 Å². The minimum Gasteiger partial charge on any atom is -0.394 e. The lowest BCUT2D eigenvalue weighted by Gasteiger charge is -2.36. The molecule has 0 spiro atoms. The first-order valence-electron chi connectivity index (χ1n) is 3.92. The molecule has 1 rings (SSSR count). The lowest BCUT2D eigenvalue weighted by atomic mass is 9.99. The van der Waals surface area contributed by atoms with Gasteiger partial charge >= 0.3 is 0 Å². The Balaban J connectivity index is 2.77. The Labute approximate surface area is 78.4 Å². The topological polar surface area (TPSA) is 119 Å². The number of hydrogen-bond donors (Lipinski definition) is 3. The summed E-state index contributed by atoms with van der Waals surface area (Å²) in [5, 5.41) is 30.0. The molecular weight excluding hydrogens is 196 g/mol. The molecule has 0 aromatic heterocycles. The van der Waals surface area contributed by atoms with Crippen LogP contribution in [-0.4, -0.2) is 52.6 Å². The molecule has 1 aliphatic heterocycles. The molecule has 0 amide bonds. The van der Waals surface area contributed by atoms with Crippen LogP contribution in [0.3, 0.4) is 0 Å². The third-order valence-corrected chi connectivity index (χ3v) is 1.99. The van der Waals surface area contributed by atoms with Crippen LogP contribution in [-0.2, 0) is 4.74 Å². The Hall–Kier alpha value is -0.920. The molecule has 1 aliphatic rings. The molecule has 5 atom stereocenters. The predicted octanol–water partition coefficient (Wildman–Crippen LogP) is -0.926. The Morgan fingerprint density at radius 3 is 2.57 bits per heavy atom. The van der Waals surface area contributed by atoms with Crippen molar-refractivity contribution < 1.29 is 24.4 Å². The van der Waals surface area contributed by atoms with Crippen molar-refractivity contribution in [2.45, 2.75) is 30.7 Å². The summed E-state index contributed by atoms with van der Waals surface area (Å²) in [6.07, 6.45) is -7.91. The zero-order valence-electron chi connectivity index (χ0n) is 7.06. The van der Waals surface area contributed by atoms with Gasteiger partial charge in [-0.25, -0.2) is 4.39 Å². The van der Waals surface area contributed by atoms with Gasteiger partial charge in [0.1, 0.15) is 18.3 Å². The third kappa shape index (κ3) is 1.94. The SMILES string of the molecule is [N-]=[N+]=N[C@@H]1O[C@H](CO)[C@@H](O)[C@H](O)[C@H]1[18F]. The molecule has 0 bridgehead atoms. The van der Waals surface area contributed by atoms with E-state index in [0.29, 0.717) is 0 Å². The molecule has 14 heavy (non-hydrogen) atoms. The summed E-state index contributed by atoms with van der Waals surface area (Å²) in [5.74, 6) is 0. The van der Waals surface area contributed by atoms with E-state index in [0.717, 1.165) is 0 Å². The monoisotopic (exact) mass is 206 g/mol. The summed E-state index contributed by atoms with van der Waals surface area (Å²) in [6.45, 7) is -0.595. The second-order valence-electron chi connectivity index (χ2n) is 2.88. The van der Waals surface area contributed by atoms with Gasteiger partial charge in [-0.15, -0.1) is 0 Å². The number of hydrogen-bond acceptors (Lipinski definition) is 5. The molecule has 3 N–H and O–H groups in total. The van der Waals surface area contributed by atoms with Crippen molar-refractivity contribution in [2.24, 2.45) is 5.11 Å². The fourth-order valence-corrected chi connectivity index (χ4v) is 1.20. The van der Waals surface area contributed by atoms with E-state index in [2.05, 4.69) is 10.0 Å². The maximum Gasteiger partial charge on any atom is 0.170 e. The first-order chi connectivity index (χ1) is 6.61. The second-order valence-corrected chi connectivity index (χ2v) is 2.88. The Morgan fingerprint density at radius 2 is 2.07 bits per heavy atom. The van der Waals surface area contributed by atoms with Crippen LogP contribution in [0.1, 0.15) is 0 Å². The predicted molar refractivity (Wildman–Crippen MR) is 41.8 cm³/mol. The van der Waals surface area contributed by atoms with E-state index in [1.54, 1.807) is 0 Å². The Kier molecular flexibility index (Phi) is 3.62. The zero-order chi connectivity index (χ0) is 10.7. The molecule has 0 saturated carbocycles. The normalized spacial score (nSPS) is 43.0. The van der Waals surface area contributed by atoms with Crippen LogP contribution in [0.4, 0.5) is 4.39 Å². The molecule has 7 nitrogen and oxygen atoms in total. The van der Waals surface area contributed by atoms with Crippen LogP contribution >= 0.6 is 0 Å². The Bertz CT molecular complexity index is 245. The van der Waals surface area contributed by atoms with E-state index in [1.165, 1.54) is 0 Å². The highest BCUT2D eigenvalue weighted by Crippen LogP contribution is 2.24. The lowest BCUT2D eigenvalue weighted by Crippen LogP contribution is -2.56. The quantitative estimate of drug-likeness (QED) is 0.307. The smallest absolute Gasteiger partial charge is 0.170 e. The van der Waals surface area contributed by atoms with Gasteiger partial charge in [-0.1, -0.05) is 5.11 Å². The third-order valence-electron chi connectivity index (χ3n) is 1.99. The van der Waals surface area contributed by atoms with Crippen molar-refractivity contribution in [1.82, 2.24) is 0 Å². The van der Waals surface area contributed by atoms with Gasteiger partial charge < -0.3 is 20.1 Å². The van der Waals surface area contributed by atoms with E-state index in [9.17, 15) is 9.50 Å². The first-order valence-corrected chi connectivity index (χ1v) is 3.92.